The van der Waals surface area contributed by atoms with Gasteiger partial charge in [0.25, 0.3) is 0 Å². The van der Waals surface area contributed by atoms with Crippen molar-refractivity contribution in [1.29, 1.82) is 0 Å². The van der Waals surface area contributed by atoms with Crippen molar-refractivity contribution in [1.82, 2.24) is 0 Å². The molecule has 0 bridgehead atoms. The van der Waals surface area contributed by atoms with Crippen LogP contribution in [-0.4, -0.2) is 4.86 Å². The van der Waals surface area contributed by atoms with Gasteiger partial charge in [-0.3, -0.25) is 0 Å². The second kappa shape index (κ2) is 3.39. The Morgan fingerprint density at radius 1 is 0.938 bits per heavy atom. The van der Waals surface area contributed by atoms with E-state index in [9.17, 15) is 0 Å². The second-order valence-corrected chi connectivity index (χ2v) is 5.13. The number of fused-ring (bicyclic) bond motifs is 3. The van der Waals surface area contributed by atoms with Gasteiger partial charge in [-0.1, -0.05) is 62.5 Å². The third-order valence-corrected chi connectivity index (χ3v) is 4.44. The molecule has 0 fully saturated rings. The Bertz CT molecular complexity index is 583. The van der Waals surface area contributed by atoms with Crippen molar-refractivity contribution in [3.8, 4) is 0 Å². The van der Waals surface area contributed by atoms with E-state index in [1.807, 2.05) is 0 Å². The predicted molar refractivity (Wildman–Crippen MR) is 73.2 cm³/mol. The third kappa shape index (κ3) is 1.18. The molecule has 3 rings (SSSR count). The highest BCUT2D eigenvalue weighted by atomic mass is 32.1. The number of rotatable bonds is 0. The van der Waals surface area contributed by atoms with Gasteiger partial charge in [0.05, 0.1) is 0 Å². The number of hydrogen-bond donors (Lipinski definition) is 0. The number of hydrogen-bond acceptors (Lipinski definition) is 1. The van der Waals surface area contributed by atoms with Crippen molar-refractivity contribution in [2.75, 3.05) is 0 Å². The molecule has 80 valence electrons. The van der Waals surface area contributed by atoms with Crippen LogP contribution in [0.2, 0.25) is 0 Å². The smallest absolute Gasteiger partial charge is 0.0267 e. The summed E-state index contributed by atoms with van der Waals surface area (Å²) >= 11 is 5.60. The van der Waals surface area contributed by atoms with Crippen LogP contribution < -0.4 is 0 Å². The van der Waals surface area contributed by atoms with Crippen molar-refractivity contribution < 1.29 is 0 Å². The molecule has 1 aliphatic rings. The van der Waals surface area contributed by atoms with Crippen molar-refractivity contribution in [2.45, 2.75) is 19.8 Å². The molecule has 0 saturated carbocycles. The van der Waals surface area contributed by atoms with Gasteiger partial charge in [0.2, 0.25) is 0 Å². The maximum atomic E-state index is 5.60. The normalized spacial score (nSPS) is 23.8. The lowest BCUT2D eigenvalue weighted by Crippen LogP contribution is -2.05. The van der Waals surface area contributed by atoms with E-state index in [0.29, 0.717) is 11.8 Å². The van der Waals surface area contributed by atoms with E-state index in [1.54, 1.807) is 0 Å². The predicted octanol–water partition coefficient (Wildman–Crippen LogP) is 4.31. The molecule has 0 spiro atoms. The quantitative estimate of drug-likeness (QED) is 0.603. The first-order chi connectivity index (χ1) is 7.70. The molecule has 0 nitrogen and oxygen atoms in total. The summed E-state index contributed by atoms with van der Waals surface area (Å²) in [5, 5.41) is 2.62. The minimum Gasteiger partial charge on any atom is -0.0839 e. The summed E-state index contributed by atoms with van der Waals surface area (Å²) in [7, 11) is 0. The molecule has 0 aromatic heterocycles. The zero-order valence-electron chi connectivity index (χ0n) is 9.53. The molecule has 2 aromatic carbocycles. The Balaban J connectivity index is 2.41. The third-order valence-electron chi connectivity index (χ3n) is 3.86. The highest BCUT2D eigenvalue weighted by molar-refractivity contribution is 7.81. The fourth-order valence-corrected chi connectivity index (χ4v) is 3.10. The molecule has 2 aromatic rings. The van der Waals surface area contributed by atoms with Crippen molar-refractivity contribution in [2.24, 2.45) is 5.92 Å². The highest BCUT2D eigenvalue weighted by Crippen LogP contribution is 2.41. The van der Waals surface area contributed by atoms with Gasteiger partial charge in [0.1, 0.15) is 0 Å². The van der Waals surface area contributed by atoms with Gasteiger partial charge in [-0.2, -0.15) is 0 Å². The van der Waals surface area contributed by atoms with Crippen molar-refractivity contribution >= 4 is 27.9 Å². The van der Waals surface area contributed by atoms with Crippen LogP contribution in [0, 0.1) is 5.92 Å². The zero-order valence-corrected chi connectivity index (χ0v) is 10.3. The Kier molecular flexibility index (Phi) is 2.11. The lowest BCUT2D eigenvalue weighted by atomic mass is 9.96. The monoisotopic (exact) mass is 226 g/mol. The average Bonchev–Trinajstić information content (AvgIpc) is 2.55. The van der Waals surface area contributed by atoms with Gasteiger partial charge in [-0.15, -0.1) is 0 Å². The van der Waals surface area contributed by atoms with E-state index in [2.05, 4.69) is 50.2 Å². The fourth-order valence-electron chi connectivity index (χ4n) is 2.67. The summed E-state index contributed by atoms with van der Waals surface area (Å²) in [4.78, 5) is 1.14. The van der Waals surface area contributed by atoms with Crippen LogP contribution in [0.15, 0.2) is 36.4 Å². The van der Waals surface area contributed by atoms with Crippen LogP contribution in [0.3, 0.4) is 0 Å². The number of thiocarbonyl (C=S) groups is 1. The molecule has 0 amide bonds. The molecule has 1 heteroatoms. The Morgan fingerprint density at radius 3 is 2.50 bits per heavy atom. The van der Waals surface area contributed by atoms with Crippen LogP contribution >= 0.6 is 12.2 Å². The van der Waals surface area contributed by atoms with Crippen LogP contribution in [0.25, 0.3) is 10.8 Å². The van der Waals surface area contributed by atoms with E-state index in [0.717, 1.165) is 4.86 Å². The summed E-state index contributed by atoms with van der Waals surface area (Å²) in [6.07, 6.45) is 0. The average molecular weight is 226 g/mol. The Labute approximate surface area is 101 Å². The SMILES string of the molecule is C[C@@H]1C(=S)c2c(ccc3ccccc23)[C@H]1C. The molecular weight excluding hydrogens is 212 g/mol. The lowest BCUT2D eigenvalue weighted by Gasteiger charge is -2.08. The summed E-state index contributed by atoms with van der Waals surface area (Å²) in [6, 6.07) is 13.0. The van der Waals surface area contributed by atoms with Crippen molar-refractivity contribution in [3.05, 3.63) is 47.5 Å². The van der Waals surface area contributed by atoms with E-state index >= 15 is 0 Å². The largest absolute Gasteiger partial charge is 0.0839 e. The molecule has 1 aliphatic carbocycles. The molecule has 16 heavy (non-hydrogen) atoms. The summed E-state index contributed by atoms with van der Waals surface area (Å²) in [6.45, 7) is 4.51. The summed E-state index contributed by atoms with van der Waals surface area (Å²) < 4.78 is 0. The van der Waals surface area contributed by atoms with E-state index in [1.165, 1.54) is 21.9 Å². The molecular formula is C15H14S. The van der Waals surface area contributed by atoms with E-state index in [4.69, 9.17) is 12.2 Å². The standard InChI is InChI=1S/C15H14S/c1-9-10(2)15(16)14-12(9)8-7-11-5-3-4-6-13(11)14/h3-10H,1-2H3/t9-,10-/m0/s1. The molecule has 0 heterocycles. The first kappa shape index (κ1) is 9.98. The highest BCUT2D eigenvalue weighted by Gasteiger charge is 2.31. The zero-order chi connectivity index (χ0) is 11.3. The van der Waals surface area contributed by atoms with E-state index in [-0.39, 0.29) is 0 Å². The molecule has 0 radical (unpaired) electrons. The van der Waals surface area contributed by atoms with Crippen LogP contribution in [0.4, 0.5) is 0 Å². The van der Waals surface area contributed by atoms with Crippen LogP contribution in [-0.2, 0) is 0 Å². The maximum Gasteiger partial charge on any atom is 0.0267 e. The molecule has 0 N–H and O–H groups in total. The number of benzene rings is 2. The molecule has 2 atom stereocenters. The van der Waals surface area contributed by atoms with Gasteiger partial charge in [0, 0.05) is 4.86 Å². The second-order valence-electron chi connectivity index (χ2n) is 4.69. The molecule has 0 saturated heterocycles. The lowest BCUT2D eigenvalue weighted by molar-refractivity contribution is 0.655. The maximum absolute atomic E-state index is 5.60. The van der Waals surface area contributed by atoms with Crippen LogP contribution in [0.5, 0.6) is 0 Å². The minimum atomic E-state index is 0.496. The molecule has 0 aliphatic heterocycles. The Hall–Kier alpha value is -1.21. The van der Waals surface area contributed by atoms with Gasteiger partial charge >= 0.3 is 0 Å². The summed E-state index contributed by atoms with van der Waals surface area (Å²) in [5.74, 6) is 1.06. The van der Waals surface area contributed by atoms with Crippen LogP contribution in [0.1, 0.15) is 30.9 Å². The Morgan fingerprint density at radius 2 is 1.69 bits per heavy atom. The van der Waals surface area contributed by atoms with Gasteiger partial charge in [0.15, 0.2) is 0 Å². The topological polar surface area (TPSA) is 0 Å². The first-order valence-electron chi connectivity index (χ1n) is 5.76. The minimum absolute atomic E-state index is 0.496. The molecule has 0 unspecified atom stereocenters. The fraction of sp³-hybridized carbons (Fsp3) is 0.267. The van der Waals surface area contributed by atoms with Crippen molar-refractivity contribution in [3.63, 3.8) is 0 Å². The van der Waals surface area contributed by atoms with Gasteiger partial charge in [-0.25, -0.2) is 0 Å². The van der Waals surface area contributed by atoms with Gasteiger partial charge < -0.3 is 0 Å². The van der Waals surface area contributed by atoms with E-state index < -0.39 is 0 Å². The van der Waals surface area contributed by atoms with Gasteiger partial charge in [-0.05, 0) is 33.7 Å². The first-order valence-corrected chi connectivity index (χ1v) is 6.17. The summed E-state index contributed by atoms with van der Waals surface area (Å²) in [5.41, 5.74) is 2.75.